The highest BCUT2D eigenvalue weighted by Gasteiger charge is 2.25. The highest BCUT2D eigenvalue weighted by molar-refractivity contribution is 6.30. The Labute approximate surface area is 153 Å². The van der Waals surface area contributed by atoms with Gasteiger partial charge in [0.25, 0.3) is 0 Å². The first-order chi connectivity index (χ1) is 12.2. The predicted octanol–water partition coefficient (Wildman–Crippen LogP) is 2.26. The van der Waals surface area contributed by atoms with Gasteiger partial charge in [0.2, 0.25) is 0 Å². The molecule has 0 radical (unpaired) electrons. The van der Waals surface area contributed by atoms with E-state index in [0.717, 1.165) is 44.2 Å². The van der Waals surface area contributed by atoms with E-state index in [1.54, 1.807) is 12.1 Å². The third-order valence-corrected chi connectivity index (χ3v) is 4.43. The lowest BCUT2D eigenvalue weighted by atomic mass is 10.0. The molecule has 138 valence electrons. The normalized spacial score (nSPS) is 18.4. The first kappa shape index (κ1) is 19.7. The summed E-state index contributed by atoms with van der Waals surface area (Å²) in [6, 6.07) is 7.07. The zero-order chi connectivity index (χ0) is 17.9. The molecule has 0 saturated carbocycles. The molecule has 1 aromatic carbocycles. The molecule has 1 aliphatic rings. The van der Waals surface area contributed by atoms with Crippen LogP contribution in [0.5, 0.6) is 0 Å². The number of urea groups is 1. The molecule has 2 rings (SSSR count). The van der Waals surface area contributed by atoms with E-state index in [-0.39, 0.29) is 18.2 Å². The van der Waals surface area contributed by atoms with Crippen LogP contribution in [0.1, 0.15) is 31.2 Å². The van der Waals surface area contributed by atoms with E-state index in [0.29, 0.717) is 24.6 Å². The van der Waals surface area contributed by atoms with Crippen LogP contribution in [-0.4, -0.2) is 44.2 Å². The molecular formula is C18H26ClN3O3. The summed E-state index contributed by atoms with van der Waals surface area (Å²) in [5.74, 6) is 0. The van der Waals surface area contributed by atoms with Gasteiger partial charge in [-0.15, -0.1) is 0 Å². The number of unbranched alkanes of at least 4 members (excludes halogenated alkanes) is 2. The van der Waals surface area contributed by atoms with E-state index in [2.05, 4.69) is 16.0 Å². The lowest BCUT2D eigenvalue weighted by Gasteiger charge is -2.31. The van der Waals surface area contributed by atoms with Crippen LogP contribution in [0.15, 0.2) is 24.3 Å². The fourth-order valence-corrected chi connectivity index (χ4v) is 2.92. The fraction of sp³-hybridized carbons (Fsp3) is 0.556. The molecule has 25 heavy (non-hydrogen) atoms. The standard InChI is InChI=1S/C18H26ClN3O3/c19-15-7-5-14(6-8-15)12-21-18(24)22-16(4-2-1-3-10-23)17-13-20-9-11-25-17/h5-8,10,16-17,20H,1-4,9,11-13H2,(H2,21,22,24). The third-order valence-electron chi connectivity index (χ3n) is 4.17. The number of hydrogen-bond acceptors (Lipinski definition) is 4. The van der Waals surface area contributed by atoms with E-state index in [4.69, 9.17) is 16.3 Å². The molecule has 6 nitrogen and oxygen atoms in total. The van der Waals surface area contributed by atoms with E-state index in [9.17, 15) is 9.59 Å². The van der Waals surface area contributed by atoms with Crippen molar-refractivity contribution < 1.29 is 14.3 Å². The molecule has 1 heterocycles. The van der Waals surface area contributed by atoms with Crippen molar-refractivity contribution in [1.29, 1.82) is 0 Å². The third kappa shape index (κ3) is 7.42. The Morgan fingerprint density at radius 3 is 2.84 bits per heavy atom. The molecule has 0 aliphatic carbocycles. The van der Waals surface area contributed by atoms with Gasteiger partial charge in [-0.2, -0.15) is 0 Å². The Morgan fingerprint density at radius 2 is 2.16 bits per heavy atom. The van der Waals surface area contributed by atoms with Crippen molar-refractivity contribution in [2.24, 2.45) is 0 Å². The second kappa shape index (κ2) is 11.1. The molecule has 2 amide bonds. The van der Waals surface area contributed by atoms with Crippen molar-refractivity contribution in [2.75, 3.05) is 19.7 Å². The zero-order valence-corrected chi connectivity index (χ0v) is 15.1. The van der Waals surface area contributed by atoms with Gasteiger partial charge in [0.05, 0.1) is 18.8 Å². The summed E-state index contributed by atoms with van der Waals surface area (Å²) >= 11 is 5.86. The summed E-state index contributed by atoms with van der Waals surface area (Å²) in [5, 5.41) is 9.84. The summed E-state index contributed by atoms with van der Waals surface area (Å²) in [4.78, 5) is 22.7. The first-order valence-corrected chi connectivity index (χ1v) is 9.11. The quantitative estimate of drug-likeness (QED) is 0.462. The second-order valence-corrected chi connectivity index (χ2v) is 6.56. The number of halogens is 1. The largest absolute Gasteiger partial charge is 0.373 e. The number of rotatable bonds is 9. The first-order valence-electron chi connectivity index (χ1n) is 8.74. The molecule has 0 aromatic heterocycles. The monoisotopic (exact) mass is 367 g/mol. The molecule has 1 aromatic rings. The van der Waals surface area contributed by atoms with E-state index < -0.39 is 0 Å². The number of hydrogen-bond donors (Lipinski definition) is 3. The molecule has 2 unspecified atom stereocenters. The van der Waals surface area contributed by atoms with Crippen molar-refractivity contribution in [3.8, 4) is 0 Å². The van der Waals surface area contributed by atoms with Crippen molar-refractivity contribution in [3.05, 3.63) is 34.9 Å². The van der Waals surface area contributed by atoms with Gasteiger partial charge in [-0.1, -0.05) is 30.2 Å². The predicted molar refractivity (Wildman–Crippen MR) is 97.8 cm³/mol. The van der Waals surface area contributed by atoms with E-state index in [1.165, 1.54) is 0 Å². The van der Waals surface area contributed by atoms with Crippen LogP contribution in [0, 0.1) is 0 Å². The molecule has 1 saturated heterocycles. The molecule has 0 spiro atoms. The number of ether oxygens (including phenoxy) is 1. The van der Waals surface area contributed by atoms with Gasteiger partial charge >= 0.3 is 6.03 Å². The molecule has 0 bridgehead atoms. The molecule has 1 aliphatic heterocycles. The van der Waals surface area contributed by atoms with Gasteiger partial charge in [-0.25, -0.2) is 4.79 Å². The second-order valence-electron chi connectivity index (χ2n) is 6.12. The van der Waals surface area contributed by atoms with E-state index in [1.807, 2.05) is 12.1 Å². The summed E-state index contributed by atoms with van der Waals surface area (Å²) in [5.41, 5.74) is 0.984. The molecule has 2 atom stereocenters. The molecule has 3 N–H and O–H groups in total. The van der Waals surface area contributed by atoms with Crippen LogP contribution in [0.2, 0.25) is 5.02 Å². The van der Waals surface area contributed by atoms with Crippen LogP contribution in [0.4, 0.5) is 4.79 Å². The number of carbonyl (C=O) groups excluding carboxylic acids is 2. The maximum atomic E-state index is 12.2. The van der Waals surface area contributed by atoms with Crippen LogP contribution in [-0.2, 0) is 16.1 Å². The molecule has 7 heteroatoms. The summed E-state index contributed by atoms with van der Waals surface area (Å²) in [7, 11) is 0. The van der Waals surface area contributed by atoms with Gasteiger partial charge in [0, 0.05) is 31.1 Å². The molecular weight excluding hydrogens is 342 g/mol. The number of carbonyl (C=O) groups is 2. The SMILES string of the molecule is O=CCCCCC(NC(=O)NCc1ccc(Cl)cc1)C1CNCCO1. The number of morpholine rings is 1. The number of aldehydes is 1. The van der Waals surface area contributed by atoms with Crippen LogP contribution in [0.3, 0.4) is 0 Å². The Hall–Kier alpha value is -1.63. The number of amides is 2. The van der Waals surface area contributed by atoms with Crippen LogP contribution in [0.25, 0.3) is 0 Å². The van der Waals surface area contributed by atoms with Gasteiger partial charge < -0.3 is 25.5 Å². The van der Waals surface area contributed by atoms with Crippen molar-refractivity contribution in [1.82, 2.24) is 16.0 Å². The van der Waals surface area contributed by atoms with E-state index >= 15 is 0 Å². The minimum atomic E-state index is -0.218. The maximum absolute atomic E-state index is 12.2. The Balaban J connectivity index is 1.81. The van der Waals surface area contributed by atoms with Crippen molar-refractivity contribution >= 4 is 23.9 Å². The summed E-state index contributed by atoms with van der Waals surface area (Å²) < 4.78 is 5.78. The van der Waals surface area contributed by atoms with Gasteiger partial charge in [-0.05, 0) is 30.5 Å². The topological polar surface area (TPSA) is 79.5 Å². The Kier molecular flexibility index (Phi) is 8.72. The van der Waals surface area contributed by atoms with Crippen LogP contribution >= 0.6 is 11.6 Å². The summed E-state index contributed by atoms with van der Waals surface area (Å²) in [6.07, 6.45) is 3.93. The summed E-state index contributed by atoms with van der Waals surface area (Å²) in [6.45, 7) is 2.63. The van der Waals surface area contributed by atoms with Crippen molar-refractivity contribution in [3.63, 3.8) is 0 Å². The van der Waals surface area contributed by atoms with Gasteiger partial charge in [0.15, 0.2) is 0 Å². The maximum Gasteiger partial charge on any atom is 0.315 e. The van der Waals surface area contributed by atoms with Gasteiger partial charge in [-0.3, -0.25) is 0 Å². The minimum absolute atomic E-state index is 0.0498. The minimum Gasteiger partial charge on any atom is -0.373 e. The Bertz CT molecular complexity index is 533. The Morgan fingerprint density at radius 1 is 1.36 bits per heavy atom. The number of nitrogens with one attached hydrogen (secondary N) is 3. The fourth-order valence-electron chi connectivity index (χ4n) is 2.79. The average molecular weight is 368 g/mol. The van der Waals surface area contributed by atoms with Crippen molar-refractivity contribution in [2.45, 2.75) is 44.4 Å². The average Bonchev–Trinajstić information content (AvgIpc) is 2.64. The van der Waals surface area contributed by atoms with Crippen LogP contribution < -0.4 is 16.0 Å². The zero-order valence-electron chi connectivity index (χ0n) is 14.3. The highest BCUT2D eigenvalue weighted by Crippen LogP contribution is 2.12. The highest BCUT2D eigenvalue weighted by atomic mass is 35.5. The lowest BCUT2D eigenvalue weighted by molar-refractivity contribution is -0.107. The lowest BCUT2D eigenvalue weighted by Crippen LogP contribution is -2.54. The van der Waals surface area contributed by atoms with Gasteiger partial charge in [0.1, 0.15) is 6.29 Å². The number of benzene rings is 1. The smallest absolute Gasteiger partial charge is 0.315 e. The molecule has 1 fully saturated rings.